The maximum atomic E-state index is 11.0. The van der Waals surface area contributed by atoms with Crippen molar-refractivity contribution in [3.63, 3.8) is 0 Å². The fourth-order valence-electron chi connectivity index (χ4n) is 2.37. The number of nitrogens with one attached hydrogen (secondary N) is 1. The van der Waals surface area contributed by atoms with Gasteiger partial charge in [-0.1, -0.05) is 0 Å². The van der Waals surface area contributed by atoms with Gasteiger partial charge in [0.15, 0.2) is 0 Å². The lowest BCUT2D eigenvalue weighted by Gasteiger charge is -2.33. The number of nitrogens with zero attached hydrogens (tertiary/aromatic N) is 3. The van der Waals surface area contributed by atoms with Gasteiger partial charge in [0.05, 0.1) is 4.92 Å². The first-order valence-electron chi connectivity index (χ1n) is 6.36. The number of rotatable bonds is 4. The van der Waals surface area contributed by atoms with E-state index in [1.54, 1.807) is 19.1 Å². The zero-order valence-corrected chi connectivity index (χ0v) is 10.8. The Morgan fingerprint density at radius 3 is 2.84 bits per heavy atom. The summed E-state index contributed by atoms with van der Waals surface area (Å²) in [5.41, 5.74) is 0.0458. The first kappa shape index (κ1) is 13.8. The summed E-state index contributed by atoms with van der Waals surface area (Å²) in [5.74, 6) is 0.433. The first-order valence-corrected chi connectivity index (χ1v) is 6.36. The van der Waals surface area contributed by atoms with Crippen LogP contribution in [0, 0.1) is 10.1 Å². The molecule has 2 N–H and O–H groups in total. The lowest BCUT2D eigenvalue weighted by atomic mass is 9.85. The van der Waals surface area contributed by atoms with E-state index in [1.165, 1.54) is 6.07 Å². The summed E-state index contributed by atoms with van der Waals surface area (Å²) in [6.07, 6.45) is 3.24. The first-order chi connectivity index (χ1) is 9.08. The van der Waals surface area contributed by atoms with Gasteiger partial charge in [-0.05, 0) is 25.7 Å². The molecular formula is C11H17BN4O3. The van der Waals surface area contributed by atoms with Crippen molar-refractivity contribution in [3.05, 3.63) is 28.4 Å². The number of nitro groups is 1. The average Bonchev–Trinajstić information content (AvgIpc) is 2.39. The monoisotopic (exact) mass is 264 g/mol. The fraction of sp³-hybridized carbons (Fsp3) is 0.545. The van der Waals surface area contributed by atoms with Gasteiger partial charge in [-0.2, -0.15) is 0 Å². The predicted molar refractivity (Wildman–Crippen MR) is 73.1 cm³/mol. The van der Waals surface area contributed by atoms with Crippen LogP contribution in [0.3, 0.4) is 0 Å². The molecule has 2 heterocycles. The van der Waals surface area contributed by atoms with Gasteiger partial charge in [-0.15, -0.1) is 0 Å². The van der Waals surface area contributed by atoms with Crippen molar-refractivity contribution in [1.82, 2.24) is 10.2 Å². The maximum Gasteiger partial charge on any atom is 0.373 e. The van der Waals surface area contributed by atoms with Crippen molar-refractivity contribution >= 4 is 18.6 Å². The van der Waals surface area contributed by atoms with E-state index in [9.17, 15) is 15.1 Å². The standard InChI is InChI=1S/C11H17BN4O3/c1-12(17)14-9-4-7-15(8-5-9)11-10(16(18)19)3-2-6-13-11/h2-3,6,9,14,17H,4-5,7-8H2,1H3. The third kappa shape index (κ3) is 3.42. The van der Waals surface area contributed by atoms with E-state index in [4.69, 9.17) is 0 Å². The van der Waals surface area contributed by atoms with Crippen LogP contribution >= 0.6 is 0 Å². The second-order valence-electron chi connectivity index (χ2n) is 4.71. The lowest BCUT2D eigenvalue weighted by Crippen LogP contribution is -2.47. The molecule has 0 atom stereocenters. The summed E-state index contributed by atoms with van der Waals surface area (Å²) in [7, 11) is -0.527. The van der Waals surface area contributed by atoms with Crippen LogP contribution in [-0.4, -0.2) is 41.1 Å². The minimum Gasteiger partial charge on any atom is -0.437 e. The van der Waals surface area contributed by atoms with Gasteiger partial charge < -0.3 is 15.2 Å². The van der Waals surface area contributed by atoms with Crippen LogP contribution in [0.25, 0.3) is 0 Å². The quantitative estimate of drug-likeness (QED) is 0.471. The summed E-state index contributed by atoms with van der Waals surface area (Å²) in [4.78, 5) is 16.6. The molecule has 0 amide bonds. The smallest absolute Gasteiger partial charge is 0.373 e. The largest absolute Gasteiger partial charge is 0.437 e. The van der Waals surface area contributed by atoms with E-state index in [2.05, 4.69) is 10.2 Å². The minimum atomic E-state index is -0.527. The number of pyridine rings is 1. The van der Waals surface area contributed by atoms with Crippen LogP contribution < -0.4 is 10.1 Å². The van der Waals surface area contributed by atoms with Gasteiger partial charge in [-0.3, -0.25) is 10.1 Å². The zero-order valence-electron chi connectivity index (χ0n) is 10.8. The van der Waals surface area contributed by atoms with Crippen LogP contribution in [-0.2, 0) is 0 Å². The SMILES string of the molecule is CB(O)NC1CCN(c2ncccc2[N+](=O)[O-])CC1. The molecule has 1 saturated heterocycles. The molecule has 1 aromatic rings. The number of hydrogen-bond donors (Lipinski definition) is 2. The van der Waals surface area contributed by atoms with Gasteiger partial charge in [0.2, 0.25) is 5.82 Å². The third-order valence-electron chi connectivity index (χ3n) is 3.23. The molecule has 0 spiro atoms. The second kappa shape index (κ2) is 5.98. The maximum absolute atomic E-state index is 11.0. The summed E-state index contributed by atoms with van der Waals surface area (Å²) in [6.45, 7) is 3.08. The summed E-state index contributed by atoms with van der Waals surface area (Å²) >= 11 is 0. The molecule has 7 nitrogen and oxygen atoms in total. The van der Waals surface area contributed by atoms with Crippen LogP contribution in [0.5, 0.6) is 0 Å². The Hall–Kier alpha value is -1.67. The molecule has 1 aliphatic heterocycles. The lowest BCUT2D eigenvalue weighted by molar-refractivity contribution is -0.384. The third-order valence-corrected chi connectivity index (χ3v) is 3.23. The van der Waals surface area contributed by atoms with Crippen molar-refractivity contribution < 1.29 is 9.95 Å². The number of aromatic nitrogens is 1. The Morgan fingerprint density at radius 2 is 2.26 bits per heavy atom. The molecule has 0 radical (unpaired) electrons. The highest BCUT2D eigenvalue weighted by Crippen LogP contribution is 2.27. The molecule has 0 bridgehead atoms. The summed E-state index contributed by atoms with van der Waals surface area (Å²) in [6, 6.07) is 3.30. The number of hydrogen-bond acceptors (Lipinski definition) is 6. The molecule has 0 saturated carbocycles. The molecule has 1 fully saturated rings. The molecule has 0 aromatic carbocycles. The van der Waals surface area contributed by atoms with Gasteiger partial charge in [0.1, 0.15) is 0 Å². The molecule has 1 aliphatic rings. The van der Waals surface area contributed by atoms with Crippen molar-refractivity contribution in [2.75, 3.05) is 18.0 Å². The number of piperidine rings is 1. The molecule has 1 aromatic heterocycles. The Balaban J connectivity index is 2.04. The molecule has 0 aliphatic carbocycles. The summed E-state index contributed by atoms with van der Waals surface area (Å²) < 4.78 is 0. The van der Waals surface area contributed by atoms with Crippen LogP contribution in [0.4, 0.5) is 11.5 Å². The highest BCUT2D eigenvalue weighted by atomic mass is 16.6. The topological polar surface area (TPSA) is 91.5 Å². The second-order valence-corrected chi connectivity index (χ2v) is 4.71. The Labute approximate surface area is 111 Å². The fourth-order valence-corrected chi connectivity index (χ4v) is 2.37. The highest BCUT2D eigenvalue weighted by Gasteiger charge is 2.26. The molecule has 8 heteroatoms. The van der Waals surface area contributed by atoms with Crippen LogP contribution in [0.15, 0.2) is 18.3 Å². The van der Waals surface area contributed by atoms with E-state index in [-0.39, 0.29) is 11.7 Å². The predicted octanol–water partition coefficient (Wildman–Crippen LogP) is 0.658. The average molecular weight is 264 g/mol. The normalized spacial score (nSPS) is 16.4. The zero-order chi connectivity index (χ0) is 13.8. The van der Waals surface area contributed by atoms with Gasteiger partial charge in [0.25, 0.3) is 0 Å². The van der Waals surface area contributed by atoms with Crippen LogP contribution in [0.1, 0.15) is 12.8 Å². The van der Waals surface area contributed by atoms with E-state index in [1.807, 2.05) is 4.90 Å². The van der Waals surface area contributed by atoms with Crippen molar-refractivity contribution in [2.24, 2.45) is 0 Å². The Bertz CT molecular complexity index is 449. The molecule has 19 heavy (non-hydrogen) atoms. The Morgan fingerprint density at radius 1 is 1.58 bits per heavy atom. The highest BCUT2D eigenvalue weighted by molar-refractivity contribution is 6.45. The number of anilines is 1. The minimum absolute atomic E-state index is 0.0458. The van der Waals surface area contributed by atoms with E-state index in [0.717, 1.165) is 12.8 Å². The Kier molecular flexibility index (Phi) is 4.33. The molecule has 102 valence electrons. The van der Waals surface area contributed by atoms with Gasteiger partial charge in [0, 0.05) is 31.4 Å². The van der Waals surface area contributed by atoms with Crippen molar-refractivity contribution in [2.45, 2.75) is 25.7 Å². The molecular weight excluding hydrogens is 247 g/mol. The van der Waals surface area contributed by atoms with E-state index < -0.39 is 12.0 Å². The van der Waals surface area contributed by atoms with Gasteiger partial charge in [-0.25, -0.2) is 4.98 Å². The van der Waals surface area contributed by atoms with Gasteiger partial charge >= 0.3 is 12.7 Å². The molecule has 2 rings (SSSR count). The summed E-state index contributed by atoms with van der Waals surface area (Å²) in [5, 5.41) is 23.3. The van der Waals surface area contributed by atoms with Crippen LogP contribution in [0.2, 0.25) is 6.82 Å². The molecule has 0 unspecified atom stereocenters. The van der Waals surface area contributed by atoms with Crippen molar-refractivity contribution in [1.29, 1.82) is 0 Å². The van der Waals surface area contributed by atoms with E-state index in [0.29, 0.717) is 18.9 Å². The van der Waals surface area contributed by atoms with E-state index >= 15 is 0 Å². The van der Waals surface area contributed by atoms with Crippen molar-refractivity contribution in [3.8, 4) is 0 Å².